The molecular weight excluding hydrogens is 380 g/mol. The van der Waals surface area contributed by atoms with Gasteiger partial charge < -0.3 is 4.74 Å². The number of rotatable bonds is 18. The Labute approximate surface area is 191 Å². The van der Waals surface area contributed by atoms with Crippen LogP contribution in [-0.2, 0) is 6.42 Å². The fourth-order valence-electron chi connectivity index (χ4n) is 3.87. The molecule has 0 fully saturated rings. The van der Waals surface area contributed by atoms with Crippen LogP contribution in [0.4, 0.5) is 0 Å². The zero-order valence-corrected chi connectivity index (χ0v) is 20.1. The van der Waals surface area contributed by atoms with Crippen LogP contribution in [0.1, 0.15) is 109 Å². The first-order chi connectivity index (χ1) is 15.3. The molecule has 0 unspecified atom stereocenters. The molecule has 0 aliphatic rings. The summed E-state index contributed by atoms with van der Waals surface area (Å²) in [7, 11) is 0. The molecule has 0 aliphatic carbocycles. The monoisotopic (exact) mass is 424 g/mol. The molecule has 2 rings (SSSR count). The number of aryl methyl sites for hydroxylation is 1. The van der Waals surface area contributed by atoms with E-state index in [0.717, 1.165) is 36.6 Å². The summed E-state index contributed by atoms with van der Waals surface area (Å²) in [6.45, 7) is 5.33. The predicted octanol–water partition coefficient (Wildman–Crippen LogP) is 8.57. The molecule has 0 radical (unpaired) electrons. The molecule has 2 aromatic rings. The van der Waals surface area contributed by atoms with Crippen LogP contribution in [-0.4, -0.2) is 16.6 Å². The van der Waals surface area contributed by atoms with Crippen molar-refractivity contribution >= 4 is 0 Å². The topological polar surface area (TPSA) is 35.0 Å². The van der Waals surface area contributed by atoms with Crippen molar-refractivity contribution in [3.63, 3.8) is 0 Å². The molecule has 3 nitrogen and oxygen atoms in total. The van der Waals surface area contributed by atoms with Crippen molar-refractivity contribution in [2.24, 2.45) is 0 Å². The molecule has 0 N–H and O–H groups in total. The molecule has 1 aromatic carbocycles. The lowest BCUT2D eigenvalue weighted by Crippen LogP contribution is -1.97. The molecule has 31 heavy (non-hydrogen) atoms. The van der Waals surface area contributed by atoms with Crippen molar-refractivity contribution in [2.75, 3.05) is 6.61 Å². The lowest BCUT2D eigenvalue weighted by atomic mass is 10.1. The number of aromatic nitrogens is 2. The number of benzene rings is 1. The zero-order chi connectivity index (χ0) is 22.0. The Morgan fingerprint density at radius 3 is 1.71 bits per heavy atom. The van der Waals surface area contributed by atoms with E-state index in [1.165, 1.54) is 89.0 Å². The first kappa shape index (κ1) is 25.4. The second-order valence-electron chi connectivity index (χ2n) is 8.78. The largest absolute Gasteiger partial charge is 0.494 e. The number of hydrogen-bond acceptors (Lipinski definition) is 3. The standard InChI is InChI=1S/C28H44N2O/c1-3-5-7-9-11-13-15-17-25-23-29-28(30-24-25)26-18-20-27(21-19-26)31-22-16-14-12-10-8-6-4-2/h18-21,23-24H,3-17,22H2,1-2H3. The predicted molar refractivity (Wildman–Crippen MR) is 133 cm³/mol. The van der Waals surface area contributed by atoms with E-state index >= 15 is 0 Å². The Balaban J connectivity index is 1.63. The van der Waals surface area contributed by atoms with Crippen molar-refractivity contribution < 1.29 is 4.74 Å². The highest BCUT2D eigenvalue weighted by molar-refractivity contribution is 5.55. The van der Waals surface area contributed by atoms with E-state index in [-0.39, 0.29) is 0 Å². The van der Waals surface area contributed by atoms with E-state index in [4.69, 9.17) is 4.74 Å². The van der Waals surface area contributed by atoms with Gasteiger partial charge in [-0.05, 0) is 49.1 Å². The van der Waals surface area contributed by atoms with Gasteiger partial charge in [0.15, 0.2) is 5.82 Å². The minimum absolute atomic E-state index is 0.793. The van der Waals surface area contributed by atoms with Crippen molar-refractivity contribution in [1.29, 1.82) is 0 Å². The maximum absolute atomic E-state index is 5.89. The highest BCUT2D eigenvalue weighted by Crippen LogP contribution is 2.20. The van der Waals surface area contributed by atoms with E-state index in [0.29, 0.717) is 0 Å². The van der Waals surface area contributed by atoms with Crippen LogP contribution < -0.4 is 4.74 Å². The van der Waals surface area contributed by atoms with Crippen LogP contribution in [0, 0.1) is 0 Å². The minimum Gasteiger partial charge on any atom is -0.494 e. The molecule has 3 heteroatoms. The molecule has 0 saturated carbocycles. The van der Waals surface area contributed by atoms with Crippen molar-refractivity contribution in [2.45, 2.75) is 110 Å². The molecule has 0 saturated heterocycles. The normalized spacial score (nSPS) is 11.0. The average Bonchev–Trinajstić information content (AvgIpc) is 2.81. The molecule has 0 amide bonds. The van der Waals surface area contributed by atoms with E-state index in [1.807, 2.05) is 24.5 Å². The lowest BCUT2D eigenvalue weighted by molar-refractivity contribution is 0.304. The molecule has 0 bridgehead atoms. The smallest absolute Gasteiger partial charge is 0.159 e. The van der Waals surface area contributed by atoms with Gasteiger partial charge in [-0.1, -0.05) is 90.9 Å². The summed E-state index contributed by atoms with van der Waals surface area (Å²) < 4.78 is 5.89. The van der Waals surface area contributed by atoms with Crippen LogP contribution in [0.3, 0.4) is 0 Å². The van der Waals surface area contributed by atoms with Crippen molar-refractivity contribution in [1.82, 2.24) is 9.97 Å². The molecular formula is C28H44N2O. The maximum atomic E-state index is 5.89. The van der Waals surface area contributed by atoms with Gasteiger partial charge in [-0.2, -0.15) is 0 Å². The third kappa shape index (κ3) is 11.3. The van der Waals surface area contributed by atoms with Gasteiger partial charge in [-0.15, -0.1) is 0 Å². The number of unbranched alkanes of at least 4 members (excludes halogenated alkanes) is 12. The SMILES string of the molecule is CCCCCCCCCOc1ccc(-c2ncc(CCCCCCCCC)cn2)cc1. The molecule has 0 aliphatic heterocycles. The van der Waals surface area contributed by atoms with Crippen LogP contribution in [0.15, 0.2) is 36.7 Å². The second-order valence-corrected chi connectivity index (χ2v) is 8.78. The van der Waals surface area contributed by atoms with Gasteiger partial charge >= 0.3 is 0 Å². The summed E-state index contributed by atoms with van der Waals surface area (Å²) in [5.74, 6) is 1.73. The lowest BCUT2D eigenvalue weighted by Gasteiger charge is -2.07. The highest BCUT2D eigenvalue weighted by Gasteiger charge is 2.03. The Hall–Kier alpha value is -1.90. The number of ether oxygens (including phenoxy) is 1. The quantitative estimate of drug-likeness (QED) is 0.225. The van der Waals surface area contributed by atoms with E-state index in [9.17, 15) is 0 Å². The minimum atomic E-state index is 0.793. The summed E-state index contributed by atoms with van der Waals surface area (Å²) in [4.78, 5) is 9.17. The van der Waals surface area contributed by atoms with Gasteiger partial charge in [0.05, 0.1) is 6.61 Å². The van der Waals surface area contributed by atoms with Crippen LogP contribution in [0.5, 0.6) is 5.75 Å². The number of hydrogen-bond donors (Lipinski definition) is 0. The Morgan fingerprint density at radius 1 is 0.613 bits per heavy atom. The first-order valence-electron chi connectivity index (χ1n) is 12.9. The summed E-state index contributed by atoms with van der Waals surface area (Å²) in [5.41, 5.74) is 2.29. The summed E-state index contributed by atoms with van der Waals surface area (Å²) in [5, 5.41) is 0. The van der Waals surface area contributed by atoms with Crippen LogP contribution in [0.2, 0.25) is 0 Å². The Morgan fingerprint density at radius 2 is 1.13 bits per heavy atom. The molecule has 0 spiro atoms. The maximum Gasteiger partial charge on any atom is 0.159 e. The third-order valence-corrected chi connectivity index (χ3v) is 5.90. The van der Waals surface area contributed by atoms with Gasteiger partial charge in [0, 0.05) is 18.0 Å². The van der Waals surface area contributed by atoms with E-state index in [2.05, 4.69) is 35.9 Å². The molecule has 1 heterocycles. The molecule has 0 atom stereocenters. The van der Waals surface area contributed by atoms with E-state index in [1.54, 1.807) is 0 Å². The number of nitrogens with zero attached hydrogens (tertiary/aromatic N) is 2. The molecule has 1 aromatic heterocycles. The fraction of sp³-hybridized carbons (Fsp3) is 0.643. The molecule has 172 valence electrons. The summed E-state index contributed by atoms with van der Waals surface area (Å²) >= 11 is 0. The van der Waals surface area contributed by atoms with Gasteiger partial charge in [-0.3, -0.25) is 0 Å². The Bertz CT molecular complexity index is 666. The van der Waals surface area contributed by atoms with Crippen molar-refractivity contribution in [3.05, 3.63) is 42.2 Å². The average molecular weight is 425 g/mol. The van der Waals surface area contributed by atoms with Gasteiger partial charge in [-0.25, -0.2) is 9.97 Å². The third-order valence-electron chi connectivity index (χ3n) is 5.90. The van der Waals surface area contributed by atoms with E-state index < -0.39 is 0 Å². The van der Waals surface area contributed by atoms with Crippen molar-refractivity contribution in [3.8, 4) is 17.1 Å². The van der Waals surface area contributed by atoms with Gasteiger partial charge in [0.25, 0.3) is 0 Å². The highest BCUT2D eigenvalue weighted by atomic mass is 16.5. The van der Waals surface area contributed by atoms with Crippen LogP contribution in [0.25, 0.3) is 11.4 Å². The van der Waals surface area contributed by atoms with Gasteiger partial charge in [0.1, 0.15) is 5.75 Å². The van der Waals surface area contributed by atoms with Crippen LogP contribution >= 0.6 is 0 Å². The second kappa shape index (κ2) is 16.8. The fourth-order valence-corrected chi connectivity index (χ4v) is 3.87. The first-order valence-corrected chi connectivity index (χ1v) is 12.9. The van der Waals surface area contributed by atoms with Gasteiger partial charge in [0.2, 0.25) is 0 Å². The zero-order valence-electron chi connectivity index (χ0n) is 20.1. The summed E-state index contributed by atoms with van der Waals surface area (Å²) in [6, 6.07) is 8.19. The Kier molecular flexibility index (Phi) is 13.7. The summed E-state index contributed by atoms with van der Waals surface area (Å²) in [6.07, 6.45) is 23.6.